The number of nitro groups is 1. The van der Waals surface area contributed by atoms with Crippen LogP contribution in [-0.2, 0) is 11.3 Å². The topological polar surface area (TPSA) is 93.3 Å². The monoisotopic (exact) mass is 307 g/mol. The van der Waals surface area contributed by atoms with Crippen LogP contribution in [0.5, 0.6) is 0 Å². The first-order valence-electron chi connectivity index (χ1n) is 7.66. The molecule has 1 aliphatic carbocycles. The van der Waals surface area contributed by atoms with E-state index in [1.807, 2.05) is 0 Å². The first kappa shape index (κ1) is 15.0. The lowest BCUT2D eigenvalue weighted by Gasteiger charge is -2.48. The van der Waals surface area contributed by atoms with Crippen molar-refractivity contribution in [3.63, 3.8) is 0 Å². The first-order chi connectivity index (χ1) is 10.5. The van der Waals surface area contributed by atoms with Crippen LogP contribution in [0.3, 0.4) is 0 Å². The molecule has 22 heavy (non-hydrogen) atoms. The predicted octanol–water partition coefficient (Wildman–Crippen LogP) is 0.638. The molecule has 0 aromatic carbocycles. The molecule has 8 heteroatoms. The average Bonchev–Trinajstić information content (AvgIpc) is 2.94. The third kappa shape index (κ3) is 3.11. The molecule has 1 amide bonds. The van der Waals surface area contributed by atoms with Gasteiger partial charge in [-0.05, 0) is 38.1 Å². The van der Waals surface area contributed by atoms with Crippen molar-refractivity contribution in [2.75, 3.05) is 20.1 Å². The molecule has 4 rings (SSSR count). The smallest absolute Gasteiger partial charge is 0.307 e. The van der Waals surface area contributed by atoms with E-state index < -0.39 is 4.92 Å². The molecule has 1 aromatic heterocycles. The van der Waals surface area contributed by atoms with Gasteiger partial charge in [-0.2, -0.15) is 5.10 Å². The van der Waals surface area contributed by atoms with Gasteiger partial charge in [0.2, 0.25) is 5.91 Å². The lowest BCUT2D eigenvalue weighted by molar-refractivity contribution is -0.385. The molecule has 1 N–H and O–H groups in total. The minimum Gasteiger partial charge on any atom is -0.354 e. The number of aromatic nitrogens is 2. The molecule has 3 aliphatic rings. The Kier molecular flexibility index (Phi) is 4.10. The van der Waals surface area contributed by atoms with Crippen LogP contribution < -0.4 is 5.32 Å². The second kappa shape index (κ2) is 6.04. The maximum Gasteiger partial charge on any atom is 0.307 e. The van der Waals surface area contributed by atoms with Crippen molar-refractivity contribution >= 4 is 11.6 Å². The molecule has 3 fully saturated rings. The summed E-state index contributed by atoms with van der Waals surface area (Å²) in [4.78, 5) is 24.4. The van der Waals surface area contributed by atoms with Crippen LogP contribution in [0, 0.1) is 22.0 Å². The van der Waals surface area contributed by atoms with Crippen molar-refractivity contribution in [1.82, 2.24) is 20.0 Å². The second-order valence-corrected chi connectivity index (χ2v) is 6.40. The zero-order valence-corrected chi connectivity index (χ0v) is 12.6. The minimum atomic E-state index is -0.518. The Morgan fingerprint density at radius 3 is 3.00 bits per heavy atom. The largest absolute Gasteiger partial charge is 0.354 e. The Balaban J connectivity index is 1.49. The number of carbonyl (C=O) groups is 1. The highest BCUT2D eigenvalue weighted by Crippen LogP contribution is 2.37. The maximum absolute atomic E-state index is 12.0. The summed E-state index contributed by atoms with van der Waals surface area (Å²) in [5.74, 6) is 1.11. The minimum absolute atomic E-state index is 0.0183. The molecular weight excluding hydrogens is 286 g/mol. The first-order valence-corrected chi connectivity index (χ1v) is 7.66. The van der Waals surface area contributed by atoms with E-state index in [2.05, 4.69) is 22.4 Å². The fourth-order valence-corrected chi connectivity index (χ4v) is 3.83. The summed E-state index contributed by atoms with van der Waals surface area (Å²) in [6.07, 6.45) is 6.13. The molecule has 1 saturated carbocycles. The van der Waals surface area contributed by atoms with E-state index in [0.717, 1.165) is 12.1 Å². The number of fused-ring (bicyclic) bond motifs is 3. The molecule has 2 bridgehead atoms. The van der Waals surface area contributed by atoms with E-state index >= 15 is 0 Å². The van der Waals surface area contributed by atoms with Crippen LogP contribution in [0.4, 0.5) is 5.69 Å². The van der Waals surface area contributed by atoms with Crippen LogP contribution in [0.15, 0.2) is 12.4 Å². The lowest BCUT2D eigenvalue weighted by atomic mass is 9.73. The Morgan fingerprint density at radius 2 is 2.36 bits per heavy atom. The molecule has 2 aliphatic heterocycles. The molecule has 3 atom stereocenters. The van der Waals surface area contributed by atoms with Crippen LogP contribution >= 0.6 is 0 Å². The third-order valence-corrected chi connectivity index (χ3v) is 4.86. The molecule has 1 aromatic rings. The van der Waals surface area contributed by atoms with Gasteiger partial charge in [0.1, 0.15) is 18.9 Å². The number of nitrogens with one attached hydrogen (secondary N) is 1. The number of rotatable bonds is 5. The van der Waals surface area contributed by atoms with Crippen molar-refractivity contribution in [1.29, 1.82) is 0 Å². The zero-order valence-electron chi connectivity index (χ0n) is 12.6. The molecule has 120 valence electrons. The fourth-order valence-electron chi connectivity index (χ4n) is 3.83. The summed E-state index contributed by atoms with van der Waals surface area (Å²) in [5.41, 5.74) is -0.0981. The summed E-state index contributed by atoms with van der Waals surface area (Å²) >= 11 is 0. The number of hydrogen-bond donors (Lipinski definition) is 1. The predicted molar refractivity (Wildman–Crippen MR) is 79.1 cm³/mol. The molecule has 0 spiro atoms. The number of piperidine rings is 2. The molecule has 3 heterocycles. The quantitative estimate of drug-likeness (QED) is 0.636. The summed E-state index contributed by atoms with van der Waals surface area (Å²) in [6, 6.07) is 0.566. The van der Waals surface area contributed by atoms with Crippen LogP contribution in [0.2, 0.25) is 0 Å². The van der Waals surface area contributed by atoms with Gasteiger partial charge in [-0.15, -0.1) is 0 Å². The molecular formula is C14H21N5O3. The molecule has 3 unspecified atom stereocenters. The van der Waals surface area contributed by atoms with E-state index in [4.69, 9.17) is 0 Å². The summed E-state index contributed by atoms with van der Waals surface area (Å²) in [6.45, 7) is 1.87. The van der Waals surface area contributed by atoms with Gasteiger partial charge in [0, 0.05) is 19.1 Å². The van der Waals surface area contributed by atoms with Gasteiger partial charge >= 0.3 is 5.69 Å². The summed E-state index contributed by atoms with van der Waals surface area (Å²) in [5, 5.41) is 17.4. The maximum atomic E-state index is 12.0. The van der Waals surface area contributed by atoms with Gasteiger partial charge in [-0.25, -0.2) is 0 Å². The Hall–Kier alpha value is -1.96. The van der Waals surface area contributed by atoms with Crippen molar-refractivity contribution in [3.8, 4) is 0 Å². The van der Waals surface area contributed by atoms with Gasteiger partial charge in [-0.3, -0.25) is 19.6 Å². The Morgan fingerprint density at radius 1 is 1.55 bits per heavy atom. The SMILES string of the molecule is CN1CC2CCC1C(CNC(=O)Cn1cc([N+](=O)[O-])cn1)C2. The second-order valence-electron chi connectivity index (χ2n) is 6.40. The summed E-state index contributed by atoms with van der Waals surface area (Å²) in [7, 11) is 2.16. The highest BCUT2D eigenvalue weighted by molar-refractivity contribution is 5.75. The molecule has 0 radical (unpaired) electrons. The van der Waals surface area contributed by atoms with E-state index in [1.165, 1.54) is 36.7 Å². The van der Waals surface area contributed by atoms with E-state index in [-0.39, 0.29) is 18.1 Å². The van der Waals surface area contributed by atoms with Gasteiger partial charge in [0.25, 0.3) is 0 Å². The average molecular weight is 307 g/mol. The molecule has 2 saturated heterocycles. The standard InChI is InChI=1S/C14H21N5O3/c1-17-7-10-2-3-13(17)11(4-10)5-15-14(20)9-18-8-12(6-16-18)19(21)22/h6,8,10-11,13H,2-5,7,9H2,1H3,(H,15,20). The fraction of sp³-hybridized carbons (Fsp3) is 0.714. The van der Waals surface area contributed by atoms with Crippen LogP contribution in [-0.4, -0.2) is 51.7 Å². The highest BCUT2D eigenvalue weighted by Gasteiger charge is 2.38. The van der Waals surface area contributed by atoms with Gasteiger partial charge in [-0.1, -0.05) is 0 Å². The number of nitrogens with zero attached hydrogens (tertiary/aromatic N) is 4. The van der Waals surface area contributed by atoms with Gasteiger partial charge in [0.15, 0.2) is 0 Å². The Labute approximate surface area is 128 Å². The Bertz CT molecular complexity index is 573. The van der Waals surface area contributed by atoms with Crippen LogP contribution in [0.1, 0.15) is 19.3 Å². The van der Waals surface area contributed by atoms with E-state index in [1.54, 1.807) is 0 Å². The zero-order chi connectivity index (χ0) is 15.7. The molecule has 8 nitrogen and oxygen atoms in total. The highest BCUT2D eigenvalue weighted by atomic mass is 16.6. The lowest BCUT2D eigenvalue weighted by Crippen LogP contribution is -2.54. The van der Waals surface area contributed by atoms with Crippen LogP contribution in [0.25, 0.3) is 0 Å². The number of hydrogen-bond acceptors (Lipinski definition) is 5. The number of amides is 1. The normalized spacial score (nSPS) is 27.8. The summed E-state index contributed by atoms with van der Waals surface area (Å²) < 4.78 is 1.30. The van der Waals surface area contributed by atoms with Crippen molar-refractivity contribution in [3.05, 3.63) is 22.5 Å². The van der Waals surface area contributed by atoms with Crippen molar-refractivity contribution in [2.24, 2.45) is 11.8 Å². The number of carbonyl (C=O) groups excluding carboxylic acids is 1. The third-order valence-electron chi connectivity index (χ3n) is 4.86. The van der Waals surface area contributed by atoms with Crippen molar-refractivity contribution < 1.29 is 9.72 Å². The van der Waals surface area contributed by atoms with E-state index in [0.29, 0.717) is 18.5 Å². The van der Waals surface area contributed by atoms with Crippen molar-refractivity contribution in [2.45, 2.75) is 31.8 Å². The van der Waals surface area contributed by atoms with Gasteiger partial charge < -0.3 is 10.2 Å². The van der Waals surface area contributed by atoms with Gasteiger partial charge in [0.05, 0.1) is 4.92 Å². The van der Waals surface area contributed by atoms with E-state index in [9.17, 15) is 14.9 Å².